The van der Waals surface area contributed by atoms with Crippen molar-refractivity contribution >= 4 is 5.71 Å². The highest BCUT2D eigenvalue weighted by Crippen LogP contribution is 2.41. The molecule has 0 radical (unpaired) electrons. The second kappa shape index (κ2) is 2.81. The van der Waals surface area contributed by atoms with Gasteiger partial charge in [-0.15, -0.1) is 0 Å². The Morgan fingerprint density at radius 2 is 2.31 bits per heavy atom. The average Bonchev–Trinajstić information content (AvgIpc) is 2.40. The van der Waals surface area contributed by atoms with E-state index in [1.165, 1.54) is 11.3 Å². The summed E-state index contributed by atoms with van der Waals surface area (Å²) in [4.78, 5) is 4.37. The fourth-order valence-corrected chi connectivity index (χ4v) is 2.20. The molecule has 1 heterocycles. The Morgan fingerprint density at radius 3 is 3.00 bits per heavy atom. The van der Waals surface area contributed by atoms with E-state index in [1.807, 2.05) is 6.20 Å². The summed E-state index contributed by atoms with van der Waals surface area (Å²) in [5, 5.41) is 9.19. The SMILES string of the molecule is CC1=C[C@]2(C)C(CO)=CN=C2CC1. The highest BCUT2D eigenvalue weighted by molar-refractivity contribution is 5.98. The van der Waals surface area contributed by atoms with Crippen molar-refractivity contribution in [3.63, 3.8) is 0 Å². The van der Waals surface area contributed by atoms with Crippen LogP contribution in [-0.4, -0.2) is 17.4 Å². The number of aliphatic hydroxyl groups excluding tert-OH is 1. The highest BCUT2D eigenvalue weighted by Gasteiger charge is 2.37. The van der Waals surface area contributed by atoms with E-state index in [2.05, 4.69) is 24.9 Å². The molecule has 2 rings (SSSR count). The number of hydrogen-bond donors (Lipinski definition) is 1. The molecule has 0 saturated carbocycles. The van der Waals surface area contributed by atoms with Crippen LogP contribution in [0, 0.1) is 5.41 Å². The normalized spacial score (nSPS) is 32.1. The third-order valence-corrected chi connectivity index (χ3v) is 3.10. The molecule has 1 atom stereocenters. The minimum Gasteiger partial charge on any atom is -0.392 e. The minimum atomic E-state index is -0.0723. The summed E-state index contributed by atoms with van der Waals surface area (Å²) in [5.74, 6) is 0. The average molecular weight is 177 g/mol. The van der Waals surface area contributed by atoms with Crippen molar-refractivity contribution in [3.05, 3.63) is 23.4 Å². The van der Waals surface area contributed by atoms with Gasteiger partial charge in [-0.25, -0.2) is 0 Å². The van der Waals surface area contributed by atoms with Gasteiger partial charge in [0.25, 0.3) is 0 Å². The third-order valence-electron chi connectivity index (χ3n) is 3.10. The van der Waals surface area contributed by atoms with Gasteiger partial charge in [0.2, 0.25) is 0 Å². The van der Waals surface area contributed by atoms with Gasteiger partial charge < -0.3 is 5.11 Å². The van der Waals surface area contributed by atoms with Gasteiger partial charge >= 0.3 is 0 Å². The van der Waals surface area contributed by atoms with E-state index in [4.69, 9.17) is 0 Å². The second-order valence-electron chi connectivity index (χ2n) is 4.08. The lowest BCUT2D eigenvalue weighted by Gasteiger charge is -2.30. The molecule has 0 saturated heterocycles. The molecule has 0 aromatic carbocycles. The Bertz CT molecular complexity index is 325. The van der Waals surface area contributed by atoms with Gasteiger partial charge in [0.15, 0.2) is 0 Å². The minimum absolute atomic E-state index is 0.0723. The van der Waals surface area contributed by atoms with E-state index >= 15 is 0 Å². The number of aliphatic hydroxyl groups is 1. The number of rotatable bonds is 1. The van der Waals surface area contributed by atoms with Crippen molar-refractivity contribution < 1.29 is 5.11 Å². The first kappa shape index (κ1) is 8.70. The van der Waals surface area contributed by atoms with Crippen LogP contribution in [0.25, 0.3) is 0 Å². The molecule has 0 amide bonds. The van der Waals surface area contributed by atoms with Crippen LogP contribution in [0.15, 0.2) is 28.4 Å². The Hall–Kier alpha value is -0.890. The molecule has 2 nitrogen and oxygen atoms in total. The number of nitrogens with zero attached hydrogens (tertiary/aromatic N) is 1. The third kappa shape index (κ3) is 1.17. The predicted molar refractivity (Wildman–Crippen MR) is 53.7 cm³/mol. The molecular weight excluding hydrogens is 162 g/mol. The lowest BCUT2D eigenvalue weighted by atomic mass is 9.73. The van der Waals surface area contributed by atoms with Crippen molar-refractivity contribution in [1.82, 2.24) is 0 Å². The maximum absolute atomic E-state index is 9.19. The van der Waals surface area contributed by atoms with Gasteiger partial charge in [-0.3, -0.25) is 4.99 Å². The molecule has 0 aromatic heterocycles. The van der Waals surface area contributed by atoms with Crippen LogP contribution in [-0.2, 0) is 0 Å². The van der Waals surface area contributed by atoms with Gasteiger partial charge in [-0.1, -0.05) is 11.6 Å². The van der Waals surface area contributed by atoms with Crippen LogP contribution in [0.2, 0.25) is 0 Å². The number of allylic oxidation sites excluding steroid dienone is 2. The van der Waals surface area contributed by atoms with Crippen molar-refractivity contribution in [2.45, 2.75) is 26.7 Å². The standard InChI is InChI=1S/C11H15NO/c1-8-3-4-10-11(2,5-8)9(7-13)6-12-10/h5-6,13H,3-4,7H2,1-2H3/t11-/m1/s1. The molecule has 0 unspecified atom stereocenters. The maximum atomic E-state index is 9.19. The smallest absolute Gasteiger partial charge is 0.0671 e. The first-order valence-corrected chi connectivity index (χ1v) is 4.72. The zero-order chi connectivity index (χ0) is 9.47. The molecule has 1 aliphatic carbocycles. The number of fused-ring (bicyclic) bond motifs is 1. The summed E-state index contributed by atoms with van der Waals surface area (Å²) in [5.41, 5.74) is 3.57. The van der Waals surface area contributed by atoms with Crippen molar-refractivity contribution in [1.29, 1.82) is 0 Å². The second-order valence-corrected chi connectivity index (χ2v) is 4.08. The zero-order valence-corrected chi connectivity index (χ0v) is 8.17. The van der Waals surface area contributed by atoms with Crippen LogP contribution in [0.5, 0.6) is 0 Å². The first-order valence-electron chi connectivity index (χ1n) is 4.72. The molecule has 1 N–H and O–H groups in total. The maximum Gasteiger partial charge on any atom is 0.0671 e. The summed E-state index contributed by atoms with van der Waals surface area (Å²) in [6, 6.07) is 0. The highest BCUT2D eigenvalue weighted by atomic mass is 16.3. The van der Waals surface area contributed by atoms with Gasteiger partial charge in [-0.05, 0) is 32.3 Å². The molecule has 0 aromatic rings. The molecule has 2 heteroatoms. The van der Waals surface area contributed by atoms with E-state index in [0.717, 1.165) is 18.4 Å². The summed E-state index contributed by atoms with van der Waals surface area (Å²) in [7, 11) is 0. The summed E-state index contributed by atoms with van der Waals surface area (Å²) >= 11 is 0. The van der Waals surface area contributed by atoms with Crippen LogP contribution in [0.4, 0.5) is 0 Å². The molecule has 13 heavy (non-hydrogen) atoms. The largest absolute Gasteiger partial charge is 0.392 e. The lowest BCUT2D eigenvalue weighted by Crippen LogP contribution is -2.29. The zero-order valence-electron chi connectivity index (χ0n) is 8.17. The van der Waals surface area contributed by atoms with Crippen molar-refractivity contribution in [2.24, 2.45) is 10.4 Å². The van der Waals surface area contributed by atoms with Gasteiger partial charge in [0, 0.05) is 17.3 Å². The van der Waals surface area contributed by atoms with Gasteiger partial charge in [0.1, 0.15) is 0 Å². The fourth-order valence-electron chi connectivity index (χ4n) is 2.20. The quantitative estimate of drug-likeness (QED) is 0.611. The Morgan fingerprint density at radius 1 is 1.54 bits per heavy atom. The molecule has 2 aliphatic rings. The fraction of sp³-hybridized carbons (Fsp3) is 0.545. The van der Waals surface area contributed by atoms with E-state index in [-0.39, 0.29) is 12.0 Å². The van der Waals surface area contributed by atoms with E-state index < -0.39 is 0 Å². The summed E-state index contributed by atoms with van der Waals surface area (Å²) < 4.78 is 0. The van der Waals surface area contributed by atoms with Crippen LogP contribution >= 0.6 is 0 Å². The van der Waals surface area contributed by atoms with E-state index in [0.29, 0.717) is 0 Å². The Kier molecular flexibility index (Phi) is 1.88. The molecule has 0 bridgehead atoms. The van der Waals surface area contributed by atoms with Gasteiger partial charge in [-0.2, -0.15) is 0 Å². The molecule has 0 fully saturated rings. The molecule has 70 valence electrons. The Balaban J connectivity index is 2.42. The monoisotopic (exact) mass is 177 g/mol. The van der Waals surface area contributed by atoms with Crippen molar-refractivity contribution in [2.75, 3.05) is 6.61 Å². The topological polar surface area (TPSA) is 32.6 Å². The van der Waals surface area contributed by atoms with Crippen LogP contribution in [0.1, 0.15) is 26.7 Å². The molecule has 1 aliphatic heterocycles. The van der Waals surface area contributed by atoms with Gasteiger partial charge in [0.05, 0.1) is 6.61 Å². The number of aliphatic imine (C=N–C) groups is 1. The summed E-state index contributed by atoms with van der Waals surface area (Å²) in [6.45, 7) is 4.41. The first-order chi connectivity index (χ1) is 6.16. The predicted octanol–water partition coefficient (Wildman–Crippen LogP) is 2.06. The Labute approximate surface area is 78.7 Å². The lowest BCUT2D eigenvalue weighted by molar-refractivity contribution is 0.315. The molecular formula is C11H15NO. The summed E-state index contributed by atoms with van der Waals surface area (Å²) in [6.07, 6.45) is 6.22. The van der Waals surface area contributed by atoms with Crippen LogP contribution < -0.4 is 0 Å². The van der Waals surface area contributed by atoms with Crippen molar-refractivity contribution in [3.8, 4) is 0 Å². The molecule has 0 spiro atoms. The van der Waals surface area contributed by atoms with E-state index in [9.17, 15) is 5.11 Å². The van der Waals surface area contributed by atoms with E-state index in [1.54, 1.807) is 0 Å². The number of hydrogen-bond acceptors (Lipinski definition) is 2. The van der Waals surface area contributed by atoms with Crippen LogP contribution in [0.3, 0.4) is 0 Å².